The van der Waals surface area contributed by atoms with E-state index in [0.717, 1.165) is 24.2 Å². The van der Waals surface area contributed by atoms with Gasteiger partial charge in [-0.25, -0.2) is 0 Å². The number of methoxy groups -OCH3 is 1. The van der Waals surface area contributed by atoms with Gasteiger partial charge >= 0.3 is 0 Å². The summed E-state index contributed by atoms with van der Waals surface area (Å²) in [6.45, 7) is 1.000. The molecule has 0 atom stereocenters. The molecule has 5 heteroatoms. The van der Waals surface area contributed by atoms with E-state index in [1.54, 1.807) is 31.4 Å². The van der Waals surface area contributed by atoms with Crippen molar-refractivity contribution in [3.8, 4) is 11.8 Å². The van der Waals surface area contributed by atoms with E-state index in [4.69, 9.17) is 10.00 Å². The molecule has 0 unspecified atom stereocenters. The van der Waals surface area contributed by atoms with Crippen LogP contribution in [-0.4, -0.2) is 30.5 Å². The van der Waals surface area contributed by atoms with Crippen LogP contribution in [0.2, 0.25) is 0 Å². The molecule has 1 amide bonds. The standard InChI is InChI=1S/C20H21N3O2/c1-25-19-8-3-2-6-16(19)13-23(18-9-10-18)14-20(24)22-17-7-4-5-15(11-17)12-21/h2-8,11,18H,9-10,13-14H2,1H3,(H,22,24). The van der Waals surface area contributed by atoms with Crippen molar-refractivity contribution in [3.05, 3.63) is 59.7 Å². The van der Waals surface area contributed by atoms with E-state index in [-0.39, 0.29) is 5.91 Å². The summed E-state index contributed by atoms with van der Waals surface area (Å²) in [5, 5.41) is 11.8. The van der Waals surface area contributed by atoms with Crippen LogP contribution in [0.25, 0.3) is 0 Å². The molecule has 1 aliphatic carbocycles. The summed E-state index contributed by atoms with van der Waals surface area (Å²) in [5.41, 5.74) is 2.26. The average Bonchev–Trinajstić information content (AvgIpc) is 3.47. The maximum absolute atomic E-state index is 12.4. The highest BCUT2D eigenvalue weighted by Gasteiger charge is 2.30. The minimum absolute atomic E-state index is 0.0723. The second-order valence-electron chi connectivity index (χ2n) is 6.19. The number of anilines is 1. The molecule has 0 radical (unpaired) electrons. The molecule has 128 valence electrons. The summed E-state index contributed by atoms with van der Waals surface area (Å²) in [4.78, 5) is 14.6. The van der Waals surface area contributed by atoms with Gasteiger partial charge < -0.3 is 10.1 Å². The summed E-state index contributed by atoms with van der Waals surface area (Å²) in [5.74, 6) is 0.771. The molecule has 1 N–H and O–H groups in total. The molecule has 1 fully saturated rings. The zero-order chi connectivity index (χ0) is 17.6. The van der Waals surface area contributed by atoms with E-state index in [0.29, 0.717) is 30.4 Å². The Kier molecular flexibility index (Phi) is 5.32. The van der Waals surface area contributed by atoms with Gasteiger partial charge in [0.1, 0.15) is 5.75 Å². The van der Waals surface area contributed by atoms with Crippen LogP contribution in [0, 0.1) is 11.3 Å². The first kappa shape index (κ1) is 17.0. The number of ether oxygens (including phenoxy) is 1. The zero-order valence-electron chi connectivity index (χ0n) is 14.2. The van der Waals surface area contributed by atoms with Crippen LogP contribution in [0.1, 0.15) is 24.0 Å². The Bertz CT molecular complexity index is 794. The number of rotatable bonds is 7. The molecule has 0 spiro atoms. The van der Waals surface area contributed by atoms with Crippen molar-refractivity contribution in [2.45, 2.75) is 25.4 Å². The van der Waals surface area contributed by atoms with Gasteiger partial charge in [-0.15, -0.1) is 0 Å². The third-order valence-corrected chi connectivity index (χ3v) is 4.25. The molecule has 0 aliphatic heterocycles. The molecule has 1 saturated carbocycles. The number of hydrogen-bond donors (Lipinski definition) is 1. The zero-order valence-corrected chi connectivity index (χ0v) is 14.2. The smallest absolute Gasteiger partial charge is 0.238 e. The van der Waals surface area contributed by atoms with Crippen molar-refractivity contribution < 1.29 is 9.53 Å². The molecule has 2 aromatic carbocycles. The van der Waals surface area contributed by atoms with Crippen molar-refractivity contribution in [1.82, 2.24) is 4.90 Å². The number of nitriles is 1. The second kappa shape index (κ2) is 7.82. The summed E-state index contributed by atoms with van der Waals surface area (Å²) in [6, 6.07) is 17.4. The van der Waals surface area contributed by atoms with E-state index in [1.807, 2.05) is 24.3 Å². The normalized spacial score (nSPS) is 13.3. The Morgan fingerprint density at radius 2 is 2.08 bits per heavy atom. The van der Waals surface area contributed by atoms with Gasteiger partial charge in [-0.1, -0.05) is 24.3 Å². The Labute approximate surface area is 147 Å². The van der Waals surface area contributed by atoms with Gasteiger partial charge in [0.15, 0.2) is 0 Å². The molecule has 1 aliphatic rings. The lowest BCUT2D eigenvalue weighted by molar-refractivity contribution is -0.117. The first-order chi connectivity index (χ1) is 12.2. The molecule has 0 saturated heterocycles. The maximum atomic E-state index is 12.4. The number of nitrogens with zero attached hydrogens (tertiary/aromatic N) is 2. The third kappa shape index (κ3) is 4.59. The molecular formula is C20H21N3O2. The van der Waals surface area contributed by atoms with Crippen molar-refractivity contribution in [2.75, 3.05) is 19.0 Å². The number of benzene rings is 2. The Hall–Kier alpha value is -2.84. The Morgan fingerprint density at radius 3 is 2.80 bits per heavy atom. The fraction of sp³-hybridized carbons (Fsp3) is 0.300. The van der Waals surface area contributed by atoms with Crippen LogP contribution in [-0.2, 0) is 11.3 Å². The van der Waals surface area contributed by atoms with Gasteiger partial charge in [0.2, 0.25) is 5.91 Å². The van der Waals surface area contributed by atoms with Gasteiger partial charge in [0.05, 0.1) is 25.3 Å². The summed E-state index contributed by atoms with van der Waals surface area (Å²) >= 11 is 0. The number of nitrogens with one attached hydrogen (secondary N) is 1. The minimum atomic E-state index is -0.0723. The van der Waals surface area contributed by atoms with Crippen LogP contribution in [0.4, 0.5) is 5.69 Å². The monoisotopic (exact) mass is 335 g/mol. The predicted molar refractivity (Wildman–Crippen MR) is 96.2 cm³/mol. The first-order valence-corrected chi connectivity index (χ1v) is 8.35. The lowest BCUT2D eigenvalue weighted by Crippen LogP contribution is -2.34. The van der Waals surface area contributed by atoms with E-state index in [1.165, 1.54) is 0 Å². The van der Waals surface area contributed by atoms with Crippen molar-refractivity contribution in [2.24, 2.45) is 0 Å². The van der Waals surface area contributed by atoms with Crippen LogP contribution in [0.3, 0.4) is 0 Å². The first-order valence-electron chi connectivity index (χ1n) is 8.35. The van der Waals surface area contributed by atoms with Crippen molar-refractivity contribution >= 4 is 11.6 Å². The van der Waals surface area contributed by atoms with Gasteiger partial charge in [0.25, 0.3) is 0 Å². The molecule has 3 rings (SSSR count). The topological polar surface area (TPSA) is 65.4 Å². The Balaban J connectivity index is 1.65. The molecular weight excluding hydrogens is 314 g/mol. The molecule has 0 bridgehead atoms. The highest BCUT2D eigenvalue weighted by molar-refractivity contribution is 5.92. The highest BCUT2D eigenvalue weighted by atomic mass is 16.5. The van der Waals surface area contributed by atoms with E-state index in [2.05, 4.69) is 16.3 Å². The maximum Gasteiger partial charge on any atom is 0.238 e. The van der Waals surface area contributed by atoms with Crippen LogP contribution in [0.5, 0.6) is 5.75 Å². The number of hydrogen-bond acceptors (Lipinski definition) is 4. The second-order valence-corrected chi connectivity index (χ2v) is 6.19. The van der Waals surface area contributed by atoms with E-state index >= 15 is 0 Å². The summed E-state index contributed by atoms with van der Waals surface area (Å²) < 4.78 is 5.41. The van der Waals surface area contributed by atoms with E-state index in [9.17, 15) is 4.79 Å². The highest BCUT2D eigenvalue weighted by Crippen LogP contribution is 2.30. The lowest BCUT2D eigenvalue weighted by atomic mass is 10.2. The van der Waals surface area contributed by atoms with Crippen LogP contribution >= 0.6 is 0 Å². The van der Waals surface area contributed by atoms with E-state index < -0.39 is 0 Å². The molecule has 25 heavy (non-hydrogen) atoms. The van der Waals surface area contributed by atoms with Crippen LogP contribution < -0.4 is 10.1 Å². The molecule has 2 aromatic rings. The largest absolute Gasteiger partial charge is 0.496 e. The minimum Gasteiger partial charge on any atom is -0.496 e. The van der Waals surface area contributed by atoms with Gasteiger partial charge in [-0.2, -0.15) is 5.26 Å². The molecule has 5 nitrogen and oxygen atoms in total. The fourth-order valence-corrected chi connectivity index (χ4v) is 2.86. The lowest BCUT2D eigenvalue weighted by Gasteiger charge is -2.22. The number of amides is 1. The Morgan fingerprint density at radius 1 is 1.28 bits per heavy atom. The van der Waals surface area contributed by atoms with Gasteiger partial charge in [-0.05, 0) is 37.1 Å². The number of carbonyl (C=O) groups excluding carboxylic acids is 1. The quantitative estimate of drug-likeness (QED) is 0.844. The molecule has 0 heterocycles. The van der Waals surface area contributed by atoms with Crippen LogP contribution in [0.15, 0.2) is 48.5 Å². The number of para-hydroxylation sites is 1. The summed E-state index contributed by atoms with van der Waals surface area (Å²) in [6.07, 6.45) is 2.23. The SMILES string of the molecule is COc1ccccc1CN(CC(=O)Nc1cccc(C#N)c1)C1CC1. The van der Waals surface area contributed by atoms with Crippen molar-refractivity contribution in [1.29, 1.82) is 5.26 Å². The summed E-state index contributed by atoms with van der Waals surface area (Å²) in [7, 11) is 1.66. The molecule has 0 aromatic heterocycles. The average molecular weight is 335 g/mol. The van der Waals surface area contributed by atoms with Crippen molar-refractivity contribution in [3.63, 3.8) is 0 Å². The third-order valence-electron chi connectivity index (χ3n) is 4.25. The number of carbonyl (C=O) groups is 1. The van der Waals surface area contributed by atoms with Gasteiger partial charge in [-0.3, -0.25) is 9.69 Å². The predicted octanol–water partition coefficient (Wildman–Crippen LogP) is 3.17. The van der Waals surface area contributed by atoms with Gasteiger partial charge in [0, 0.05) is 23.8 Å². The fourth-order valence-electron chi connectivity index (χ4n) is 2.86.